The lowest BCUT2D eigenvalue weighted by molar-refractivity contribution is 0.579. The Balaban J connectivity index is 2.08. The molecule has 16 heavy (non-hydrogen) atoms. The number of rotatable bonds is 3. The van der Waals surface area contributed by atoms with Crippen molar-refractivity contribution in [2.45, 2.75) is 38.1 Å². The molecule has 5 heteroatoms. The maximum Gasteiger partial charge on any atom is 0.153 e. The third-order valence-corrected chi connectivity index (χ3v) is 3.61. The number of hydrogen-bond donors (Lipinski definition) is 1. The molecule has 1 unspecified atom stereocenters. The number of aromatic nitrogens is 3. The lowest BCUT2D eigenvalue weighted by Crippen LogP contribution is -2.16. The van der Waals surface area contributed by atoms with Crippen LogP contribution in [0.3, 0.4) is 0 Å². The van der Waals surface area contributed by atoms with Crippen molar-refractivity contribution >= 4 is 15.9 Å². The highest BCUT2D eigenvalue weighted by molar-refractivity contribution is 9.10. The molecule has 1 aromatic heterocycles. The number of hydrogen-bond acceptors (Lipinski definition) is 3. The van der Waals surface area contributed by atoms with Crippen molar-refractivity contribution in [1.82, 2.24) is 15.0 Å². The van der Waals surface area contributed by atoms with E-state index >= 15 is 0 Å². The lowest BCUT2D eigenvalue weighted by atomic mass is 9.94. The second-order valence-electron chi connectivity index (χ2n) is 4.31. The van der Waals surface area contributed by atoms with Crippen LogP contribution in [0.5, 0.6) is 0 Å². The van der Waals surface area contributed by atoms with E-state index in [9.17, 15) is 0 Å². The molecule has 0 saturated heterocycles. The molecule has 2 N–H and O–H groups in total. The molecule has 1 aliphatic carbocycles. The highest BCUT2D eigenvalue weighted by atomic mass is 79.9. The Labute approximate surface area is 104 Å². The lowest BCUT2D eigenvalue weighted by Gasteiger charge is -2.17. The van der Waals surface area contributed by atoms with E-state index in [1.165, 1.54) is 31.3 Å². The van der Waals surface area contributed by atoms with Crippen LogP contribution in [0.2, 0.25) is 0 Å². The van der Waals surface area contributed by atoms with Gasteiger partial charge >= 0.3 is 0 Å². The molecular weight excluding hydrogens is 268 g/mol. The van der Waals surface area contributed by atoms with Gasteiger partial charge in [-0.1, -0.05) is 16.9 Å². The minimum atomic E-state index is -0.0151. The standard InChI is InChI=1S/C11H17BrN4/c1-16-10(11(12)14-15-16)9(13)7-8-5-3-2-4-6-8/h5,9H,2-4,6-7,13H2,1H3. The Kier molecular flexibility index (Phi) is 3.76. The van der Waals surface area contributed by atoms with Gasteiger partial charge in [0.15, 0.2) is 4.60 Å². The number of nitrogens with two attached hydrogens (primary N) is 1. The van der Waals surface area contributed by atoms with Crippen LogP contribution in [-0.4, -0.2) is 15.0 Å². The molecule has 2 rings (SSSR count). The quantitative estimate of drug-likeness (QED) is 0.868. The maximum absolute atomic E-state index is 6.20. The first-order valence-corrected chi connectivity index (χ1v) is 6.46. The van der Waals surface area contributed by atoms with Gasteiger partial charge in [0.05, 0.1) is 11.7 Å². The summed E-state index contributed by atoms with van der Waals surface area (Å²) in [6, 6.07) is -0.0151. The van der Waals surface area contributed by atoms with E-state index in [1.54, 1.807) is 4.68 Å². The van der Waals surface area contributed by atoms with Gasteiger partial charge in [-0.15, -0.1) is 5.10 Å². The summed E-state index contributed by atoms with van der Waals surface area (Å²) in [5, 5.41) is 7.91. The summed E-state index contributed by atoms with van der Waals surface area (Å²) in [5.74, 6) is 0. The van der Waals surface area contributed by atoms with Gasteiger partial charge in [-0.2, -0.15) is 0 Å². The molecule has 0 spiro atoms. The van der Waals surface area contributed by atoms with Gasteiger partial charge in [-0.3, -0.25) is 0 Å². The van der Waals surface area contributed by atoms with Crippen molar-refractivity contribution in [3.63, 3.8) is 0 Å². The summed E-state index contributed by atoms with van der Waals surface area (Å²) >= 11 is 3.39. The average Bonchev–Trinajstić information content (AvgIpc) is 2.60. The van der Waals surface area contributed by atoms with E-state index in [-0.39, 0.29) is 6.04 Å². The van der Waals surface area contributed by atoms with Crippen molar-refractivity contribution in [2.75, 3.05) is 0 Å². The molecule has 0 aliphatic heterocycles. The highest BCUT2D eigenvalue weighted by Crippen LogP contribution is 2.28. The number of halogens is 1. The molecule has 1 atom stereocenters. The van der Waals surface area contributed by atoms with Crippen molar-refractivity contribution in [2.24, 2.45) is 12.8 Å². The van der Waals surface area contributed by atoms with Gasteiger partial charge in [0.25, 0.3) is 0 Å². The van der Waals surface area contributed by atoms with Gasteiger partial charge in [0.1, 0.15) is 0 Å². The molecule has 0 fully saturated rings. The predicted octanol–water partition coefficient (Wildman–Crippen LogP) is 2.47. The van der Waals surface area contributed by atoms with Gasteiger partial charge in [-0.25, -0.2) is 4.68 Å². The molecule has 0 aromatic carbocycles. The average molecular weight is 285 g/mol. The fraction of sp³-hybridized carbons (Fsp3) is 0.636. The van der Waals surface area contributed by atoms with E-state index in [4.69, 9.17) is 5.73 Å². The normalized spacial score (nSPS) is 18.3. The van der Waals surface area contributed by atoms with E-state index < -0.39 is 0 Å². The van der Waals surface area contributed by atoms with Crippen LogP contribution in [0.15, 0.2) is 16.3 Å². The summed E-state index contributed by atoms with van der Waals surface area (Å²) in [6.07, 6.45) is 8.25. The Morgan fingerprint density at radius 2 is 2.38 bits per heavy atom. The SMILES string of the molecule is Cn1nnc(Br)c1C(N)CC1=CCCCC1. The van der Waals surface area contributed by atoms with Crippen LogP contribution in [0.1, 0.15) is 43.8 Å². The second kappa shape index (κ2) is 5.10. The highest BCUT2D eigenvalue weighted by Gasteiger charge is 2.18. The van der Waals surface area contributed by atoms with Crippen molar-refractivity contribution in [3.8, 4) is 0 Å². The van der Waals surface area contributed by atoms with Crippen LogP contribution in [0.4, 0.5) is 0 Å². The van der Waals surface area contributed by atoms with Crippen molar-refractivity contribution in [1.29, 1.82) is 0 Å². The first kappa shape index (κ1) is 11.8. The van der Waals surface area contributed by atoms with E-state index in [0.717, 1.165) is 16.7 Å². The zero-order chi connectivity index (χ0) is 11.5. The molecule has 0 radical (unpaired) electrons. The predicted molar refractivity (Wildman–Crippen MR) is 66.8 cm³/mol. The van der Waals surface area contributed by atoms with E-state index in [0.29, 0.717) is 0 Å². The molecule has 1 aliphatic rings. The van der Waals surface area contributed by atoms with Crippen LogP contribution >= 0.6 is 15.9 Å². The third kappa shape index (κ3) is 2.52. The van der Waals surface area contributed by atoms with Gasteiger partial charge in [0, 0.05) is 7.05 Å². The zero-order valence-corrected chi connectivity index (χ0v) is 11.1. The van der Waals surface area contributed by atoms with Gasteiger partial charge in [0.2, 0.25) is 0 Å². The van der Waals surface area contributed by atoms with E-state index in [2.05, 4.69) is 32.3 Å². The second-order valence-corrected chi connectivity index (χ2v) is 5.06. The fourth-order valence-electron chi connectivity index (χ4n) is 2.20. The Hall–Kier alpha value is -0.680. The molecule has 1 aromatic rings. The van der Waals surface area contributed by atoms with Crippen molar-refractivity contribution in [3.05, 3.63) is 21.9 Å². The Morgan fingerprint density at radius 1 is 1.56 bits per heavy atom. The number of allylic oxidation sites excluding steroid dienone is 1. The zero-order valence-electron chi connectivity index (χ0n) is 9.49. The Bertz CT molecular complexity index is 377. The minimum Gasteiger partial charge on any atom is -0.322 e. The van der Waals surface area contributed by atoms with Gasteiger partial charge in [-0.05, 0) is 48.0 Å². The molecule has 1 heterocycles. The van der Waals surface area contributed by atoms with Crippen LogP contribution in [0, 0.1) is 0 Å². The molecule has 0 amide bonds. The van der Waals surface area contributed by atoms with Gasteiger partial charge < -0.3 is 5.73 Å². The third-order valence-electron chi connectivity index (χ3n) is 3.05. The van der Waals surface area contributed by atoms with E-state index in [1.807, 2.05) is 7.05 Å². The summed E-state index contributed by atoms with van der Waals surface area (Å²) in [4.78, 5) is 0. The maximum atomic E-state index is 6.20. The Morgan fingerprint density at radius 3 is 2.94 bits per heavy atom. The van der Waals surface area contributed by atoms with Crippen LogP contribution in [0.25, 0.3) is 0 Å². The summed E-state index contributed by atoms with van der Waals surface area (Å²) in [5.41, 5.74) is 8.66. The molecule has 0 bridgehead atoms. The summed E-state index contributed by atoms with van der Waals surface area (Å²) in [7, 11) is 1.88. The summed E-state index contributed by atoms with van der Waals surface area (Å²) < 4.78 is 2.51. The fourth-order valence-corrected chi connectivity index (χ4v) is 2.82. The van der Waals surface area contributed by atoms with Crippen LogP contribution < -0.4 is 5.73 Å². The topological polar surface area (TPSA) is 56.7 Å². The monoisotopic (exact) mass is 284 g/mol. The van der Waals surface area contributed by atoms with Crippen molar-refractivity contribution < 1.29 is 0 Å². The minimum absolute atomic E-state index is 0.0151. The smallest absolute Gasteiger partial charge is 0.153 e. The molecular formula is C11H17BrN4. The molecule has 0 saturated carbocycles. The largest absolute Gasteiger partial charge is 0.322 e. The van der Waals surface area contributed by atoms with Crippen LogP contribution in [-0.2, 0) is 7.05 Å². The number of nitrogens with zero attached hydrogens (tertiary/aromatic N) is 3. The molecule has 88 valence electrons. The first-order valence-electron chi connectivity index (χ1n) is 5.67. The first-order chi connectivity index (χ1) is 7.68. The summed E-state index contributed by atoms with van der Waals surface area (Å²) in [6.45, 7) is 0. The molecule has 4 nitrogen and oxygen atoms in total. The number of aryl methyl sites for hydroxylation is 1.